The van der Waals surface area contributed by atoms with Gasteiger partial charge in [-0.3, -0.25) is 15.3 Å². The molecule has 276 valence electrons. The molecular formula is C33H40F6N10O2. The Labute approximate surface area is 290 Å². The van der Waals surface area contributed by atoms with E-state index in [1.54, 1.807) is 38.7 Å². The fourth-order valence-corrected chi connectivity index (χ4v) is 5.98. The second kappa shape index (κ2) is 14.1. The monoisotopic (exact) mass is 722 g/mol. The summed E-state index contributed by atoms with van der Waals surface area (Å²) >= 11 is 0. The number of likely N-dealkylation sites (N-methyl/N-ethyl adjacent to an activating group) is 1. The minimum atomic E-state index is -4.61. The number of halogens is 6. The Morgan fingerprint density at radius 2 is 1.61 bits per heavy atom. The molecule has 0 saturated carbocycles. The molecule has 5 rings (SSSR count). The Kier molecular flexibility index (Phi) is 10.4. The minimum absolute atomic E-state index is 0.124. The number of pyridine rings is 1. The van der Waals surface area contributed by atoms with Crippen molar-refractivity contribution >= 4 is 29.0 Å². The number of nitrogen functional groups attached to an aromatic ring is 1. The molecule has 12 nitrogen and oxygen atoms in total. The average Bonchev–Trinajstić information content (AvgIpc) is 3.46. The van der Waals surface area contributed by atoms with Crippen LogP contribution in [0.3, 0.4) is 0 Å². The first kappa shape index (κ1) is 37.5. The average molecular weight is 723 g/mol. The van der Waals surface area contributed by atoms with Crippen LogP contribution in [-0.4, -0.2) is 84.8 Å². The maximum Gasteiger partial charge on any atom is 0.417 e. The summed E-state index contributed by atoms with van der Waals surface area (Å²) in [6.45, 7) is 10.5. The molecule has 3 N–H and O–H groups in total. The van der Waals surface area contributed by atoms with E-state index in [0.717, 1.165) is 24.4 Å². The Bertz CT molecular complexity index is 1770. The van der Waals surface area contributed by atoms with Gasteiger partial charge in [-0.25, -0.2) is 15.6 Å². The van der Waals surface area contributed by atoms with E-state index in [1.165, 1.54) is 23.1 Å². The Balaban J connectivity index is 1.45. The summed E-state index contributed by atoms with van der Waals surface area (Å²) < 4.78 is 87.6. The van der Waals surface area contributed by atoms with Gasteiger partial charge in [0, 0.05) is 51.5 Å². The molecule has 1 unspecified atom stereocenters. The van der Waals surface area contributed by atoms with Crippen LogP contribution in [0.4, 0.5) is 42.9 Å². The molecule has 0 aliphatic carbocycles. The second-order valence-corrected chi connectivity index (χ2v) is 13.6. The van der Waals surface area contributed by atoms with Gasteiger partial charge in [0.05, 0.1) is 29.2 Å². The van der Waals surface area contributed by atoms with Gasteiger partial charge in [-0.05, 0) is 64.4 Å². The third kappa shape index (κ3) is 8.44. The SMILES string of the molecule is C[C@@H]1CN(c2nc(NN)nc3c2ncn3CCN(C)C(=O)OC(C)(C)C)[C@@H](C)CN1C(c1ccc(C(F)(F)F)cc1)c1ccc(C(F)(F)F)cn1. The number of hydrogen-bond acceptors (Lipinski definition) is 10. The summed E-state index contributed by atoms with van der Waals surface area (Å²) in [7, 11) is 1.63. The standard InChI is InChI=1S/C33H40F6N10O2/c1-19-17-49(28-25-27(43-29(44-28)45-40)47(18-42-25)14-13-46(6)30(50)51-31(3,4)5)20(2)16-48(19)26(21-7-9-22(10-8-21)32(34,35)36)24-12-11-23(15-41-24)33(37,38)39/h7-12,15,18-20,26H,13-14,16-17,40H2,1-6H3,(H,43,44,45)/t19-,20+,26?/m1/s1. The number of fused-ring (bicyclic) bond motifs is 1. The van der Waals surface area contributed by atoms with E-state index in [4.69, 9.17) is 10.6 Å². The number of benzene rings is 1. The van der Waals surface area contributed by atoms with Gasteiger partial charge < -0.3 is 19.1 Å². The van der Waals surface area contributed by atoms with Gasteiger partial charge in [-0.2, -0.15) is 36.3 Å². The number of ether oxygens (including phenoxy) is 1. The van der Waals surface area contributed by atoms with Crippen LogP contribution in [0.1, 0.15) is 63.0 Å². The van der Waals surface area contributed by atoms with Crippen molar-refractivity contribution in [3.63, 3.8) is 0 Å². The Hall–Kier alpha value is -4.71. The first-order valence-electron chi connectivity index (χ1n) is 16.1. The van der Waals surface area contributed by atoms with Crippen molar-refractivity contribution in [2.75, 3.05) is 37.0 Å². The van der Waals surface area contributed by atoms with Crippen LogP contribution in [0.15, 0.2) is 48.9 Å². The maximum absolute atomic E-state index is 13.4. The predicted molar refractivity (Wildman–Crippen MR) is 177 cm³/mol. The molecule has 1 aliphatic rings. The van der Waals surface area contributed by atoms with Crippen molar-refractivity contribution in [3.05, 3.63) is 71.3 Å². The van der Waals surface area contributed by atoms with E-state index in [2.05, 4.69) is 25.4 Å². The number of aromatic nitrogens is 5. The van der Waals surface area contributed by atoms with Gasteiger partial charge in [0.2, 0.25) is 5.95 Å². The van der Waals surface area contributed by atoms with Gasteiger partial charge >= 0.3 is 18.4 Å². The van der Waals surface area contributed by atoms with E-state index in [0.29, 0.717) is 48.7 Å². The maximum atomic E-state index is 13.4. The number of nitrogens with one attached hydrogen (secondary N) is 1. The highest BCUT2D eigenvalue weighted by Gasteiger charge is 2.39. The predicted octanol–water partition coefficient (Wildman–Crippen LogP) is 6.10. The van der Waals surface area contributed by atoms with Crippen LogP contribution in [0, 0.1) is 0 Å². The summed E-state index contributed by atoms with van der Waals surface area (Å²) in [4.78, 5) is 35.9. The molecular weight excluding hydrogens is 682 g/mol. The smallest absolute Gasteiger partial charge is 0.417 e. The summed E-state index contributed by atoms with van der Waals surface area (Å²) in [6.07, 6.45) is -7.32. The zero-order valence-electron chi connectivity index (χ0n) is 28.9. The number of hydrazine groups is 1. The van der Waals surface area contributed by atoms with E-state index in [9.17, 15) is 31.1 Å². The minimum Gasteiger partial charge on any atom is -0.444 e. The molecule has 51 heavy (non-hydrogen) atoms. The van der Waals surface area contributed by atoms with E-state index in [1.807, 2.05) is 23.6 Å². The largest absolute Gasteiger partial charge is 0.444 e. The fraction of sp³-hybridized carbons (Fsp3) is 0.485. The second-order valence-electron chi connectivity index (χ2n) is 13.6. The van der Waals surface area contributed by atoms with E-state index in [-0.39, 0.29) is 23.7 Å². The molecule has 0 spiro atoms. The number of nitrogens with two attached hydrogens (primary N) is 1. The lowest BCUT2D eigenvalue weighted by molar-refractivity contribution is -0.138. The Morgan fingerprint density at radius 1 is 0.961 bits per heavy atom. The lowest BCUT2D eigenvalue weighted by Gasteiger charge is -2.47. The topological polar surface area (TPSA) is 131 Å². The molecule has 18 heteroatoms. The number of carbonyl (C=O) groups is 1. The third-order valence-corrected chi connectivity index (χ3v) is 8.54. The Morgan fingerprint density at radius 3 is 2.18 bits per heavy atom. The summed E-state index contributed by atoms with van der Waals surface area (Å²) in [6, 6.07) is 5.41. The van der Waals surface area contributed by atoms with Gasteiger partial charge in [0.25, 0.3) is 0 Å². The molecule has 1 aromatic carbocycles. The zero-order chi connectivity index (χ0) is 37.5. The van der Waals surface area contributed by atoms with Crippen molar-refractivity contribution in [3.8, 4) is 0 Å². The number of hydrogen-bond donors (Lipinski definition) is 2. The van der Waals surface area contributed by atoms with E-state index < -0.39 is 41.2 Å². The molecule has 3 aromatic heterocycles. The van der Waals surface area contributed by atoms with Gasteiger partial charge in [0.1, 0.15) is 5.60 Å². The molecule has 4 aromatic rings. The van der Waals surface area contributed by atoms with Crippen LogP contribution in [0.25, 0.3) is 11.2 Å². The van der Waals surface area contributed by atoms with Crippen LogP contribution in [-0.2, 0) is 23.6 Å². The number of piperazine rings is 1. The number of anilines is 2. The number of carbonyl (C=O) groups excluding carboxylic acids is 1. The van der Waals surface area contributed by atoms with Gasteiger partial charge in [-0.15, -0.1) is 0 Å². The lowest BCUT2D eigenvalue weighted by atomic mass is 9.95. The third-order valence-electron chi connectivity index (χ3n) is 8.54. The van der Waals surface area contributed by atoms with Crippen molar-refractivity contribution < 1.29 is 35.9 Å². The molecule has 0 radical (unpaired) electrons. The van der Waals surface area contributed by atoms with E-state index >= 15 is 0 Å². The van der Waals surface area contributed by atoms with Crippen molar-refractivity contribution in [1.29, 1.82) is 0 Å². The van der Waals surface area contributed by atoms with Crippen LogP contribution >= 0.6 is 0 Å². The summed E-state index contributed by atoms with van der Waals surface area (Å²) in [5, 5.41) is 0. The van der Waals surface area contributed by atoms with Crippen molar-refractivity contribution in [1.82, 2.24) is 34.3 Å². The normalized spacial score (nSPS) is 18.2. The van der Waals surface area contributed by atoms with Crippen molar-refractivity contribution in [2.45, 2.75) is 77.2 Å². The fourth-order valence-electron chi connectivity index (χ4n) is 5.98. The lowest BCUT2D eigenvalue weighted by Crippen LogP contribution is -2.57. The number of amides is 1. The molecule has 1 aliphatic heterocycles. The number of nitrogens with zero attached hydrogens (tertiary/aromatic N) is 8. The van der Waals surface area contributed by atoms with Crippen LogP contribution in [0.2, 0.25) is 0 Å². The highest BCUT2D eigenvalue weighted by molar-refractivity contribution is 5.85. The highest BCUT2D eigenvalue weighted by Crippen LogP contribution is 2.38. The van der Waals surface area contributed by atoms with Crippen molar-refractivity contribution in [2.24, 2.45) is 5.84 Å². The molecule has 1 fully saturated rings. The van der Waals surface area contributed by atoms with Gasteiger partial charge in [-0.1, -0.05) is 12.1 Å². The number of rotatable bonds is 8. The summed E-state index contributed by atoms with van der Waals surface area (Å²) in [5.74, 6) is 6.36. The molecule has 1 saturated heterocycles. The molecule has 0 bridgehead atoms. The highest BCUT2D eigenvalue weighted by atomic mass is 19.4. The van der Waals surface area contributed by atoms with Crippen LogP contribution < -0.4 is 16.2 Å². The molecule has 3 atom stereocenters. The summed E-state index contributed by atoms with van der Waals surface area (Å²) in [5.41, 5.74) is 1.70. The van der Waals surface area contributed by atoms with Gasteiger partial charge in [0.15, 0.2) is 17.0 Å². The molecule has 1 amide bonds. The first-order chi connectivity index (χ1) is 23.8. The number of alkyl halides is 6. The zero-order valence-corrected chi connectivity index (χ0v) is 28.9. The number of imidazole rings is 1. The molecule has 4 heterocycles. The van der Waals surface area contributed by atoms with Crippen LogP contribution in [0.5, 0.6) is 0 Å². The quantitative estimate of drug-likeness (QED) is 0.125. The first-order valence-corrected chi connectivity index (χ1v) is 16.1.